The number of pyridine rings is 1. The smallest absolute Gasteiger partial charge is 0.172 e. The molecule has 1 heteroatoms. The molecule has 0 N–H and O–H groups in total. The van der Waals surface area contributed by atoms with Gasteiger partial charge in [0, 0.05) is 18.1 Å². The molecule has 0 aromatic carbocycles. The van der Waals surface area contributed by atoms with E-state index in [9.17, 15) is 0 Å². The highest BCUT2D eigenvalue weighted by atomic mass is 14.9. The van der Waals surface area contributed by atoms with Crippen LogP contribution in [0.25, 0.3) is 0 Å². The zero-order chi connectivity index (χ0) is 18.2. The van der Waals surface area contributed by atoms with E-state index in [2.05, 4.69) is 43.8 Å². The summed E-state index contributed by atoms with van der Waals surface area (Å²) >= 11 is 0. The Kier molecular flexibility index (Phi) is 13.7. The molecular weight excluding hydrogens is 302 g/mol. The third-order valence-corrected chi connectivity index (χ3v) is 5.32. The van der Waals surface area contributed by atoms with Gasteiger partial charge < -0.3 is 0 Å². The van der Waals surface area contributed by atoms with Gasteiger partial charge in [-0.25, -0.2) is 4.57 Å². The van der Waals surface area contributed by atoms with Gasteiger partial charge in [-0.05, 0) is 37.7 Å². The Morgan fingerprint density at radius 1 is 0.600 bits per heavy atom. The summed E-state index contributed by atoms with van der Waals surface area (Å²) in [4.78, 5) is 0. The number of hydrogen-bond donors (Lipinski definition) is 0. The minimum Gasteiger partial charge on any atom is -0.205 e. The van der Waals surface area contributed by atoms with Crippen molar-refractivity contribution in [2.75, 3.05) is 0 Å². The van der Waals surface area contributed by atoms with Crippen molar-refractivity contribution in [1.82, 2.24) is 0 Å². The van der Waals surface area contributed by atoms with Gasteiger partial charge in [-0.2, -0.15) is 0 Å². The molecule has 0 bridgehead atoms. The minimum absolute atomic E-state index is 1.19. The van der Waals surface area contributed by atoms with E-state index in [1.165, 1.54) is 103 Å². The zero-order valence-electron chi connectivity index (χ0n) is 17.5. The van der Waals surface area contributed by atoms with Gasteiger partial charge in [0.15, 0.2) is 12.4 Å². The average Bonchev–Trinajstić information content (AvgIpc) is 2.63. The monoisotopic (exact) mass is 346 g/mol. The molecule has 0 aliphatic rings. The van der Waals surface area contributed by atoms with E-state index in [4.69, 9.17) is 0 Å². The van der Waals surface area contributed by atoms with Crippen LogP contribution in [0.2, 0.25) is 0 Å². The Balaban J connectivity index is 2.55. The lowest BCUT2D eigenvalue weighted by Gasteiger charge is -2.09. The predicted molar refractivity (Wildman–Crippen MR) is 111 cm³/mol. The molecule has 0 amide bonds. The van der Waals surface area contributed by atoms with Gasteiger partial charge >= 0.3 is 0 Å². The van der Waals surface area contributed by atoms with Crippen molar-refractivity contribution in [2.45, 2.75) is 124 Å². The molecule has 1 aromatic heterocycles. The molecule has 0 aliphatic heterocycles. The Labute approximate surface area is 158 Å². The highest BCUT2D eigenvalue weighted by Crippen LogP contribution is 2.16. The summed E-state index contributed by atoms with van der Waals surface area (Å²) < 4.78 is 2.44. The molecule has 0 aliphatic carbocycles. The topological polar surface area (TPSA) is 3.88 Å². The van der Waals surface area contributed by atoms with Crippen molar-refractivity contribution in [3.63, 3.8) is 0 Å². The van der Waals surface area contributed by atoms with Crippen LogP contribution in [0, 0.1) is 0 Å². The van der Waals surface area contributed by atoms with Gasteiger partial charge in [0.2, 0.25) is 0 Å². The van der Waals surface area contributed by atoms with E-state index < -0.39 is 0 Å². The average molecular weight is 347 g/mol. The van der Waals surface area contributed by atoms with Gasteiger partial charge in [0.25, 0.3) is 0 Å². The van der Waals surface area contributed by atoms with Gasteiger partial charge in [0.1, 0.15) is 6.54 Å². The first kappa shape index (κ1) is 22.2. The van der Waals surface area contributed by atoms with Crippen LogP contribution in [0.5, 0.6) is 0 Å². The molecule has 0 saturated carbocycles. The standard InChI is InChI=1S/C24H44N/c1-4-7-10-12-14-17-23-19-21-25(20-16-9-6-3)22-24(23)18-15-13-11-8-5-2/h19,21-22H,4-18,20H2,1-3H3/q+1. The van der Waals surface area contributed by atoms with E-state index in [0.717, 1.165) is 0 Å². The predicted octanol–water partition coefficient (Wildman–Crippen LogP) is 7.19. The van der Waals surface area contributed by atoms with Crippen LogP contribution in [-0.4, -0.2) is 0 Å². The molecule has 1 heterocycles. The summed E-state index contributed by atoms with van der Waals surface area (Å²) in [5, 5.41) is 0. The third kappa shape index (κ3) is 10.7. The largest absolute Gasteiger partial charge is 0.205 e. The fourth-order valence-electron chi connectivity index (χ4n) is 3.61. The zero-order valence-corrected chi connectivity index (χ0v) is 17.5. The van der Waals surface area contributed by atoms with Crippen molar-refractivity contribution < 1.29 is 4.57 Å². The lowest BCUT2D eigenvalue weighted by Crippen LogP contribution is -2.33. The number of nitrogens with zero attached hydrogens (tertiary/aromatic N) is 1. The number of unbranched alkanes of at least 4 members (excludes halogenated alkanes) is 10. The molecule has 0 spiro atoms. The fourth-order valence-corrected chi connectivity index (χ4v) is 3.61. The summed E-state index contributed by atoms with van der Waals surface area (Å²) in [5.41, 5.74) is 3.25. The van der Waals surface area contributed by atoms with Crippen LogP contribution in [0.3, 0.4) is 0 Å². The van der Waals surface area contributed by atoms with Gasteiger partial charge in [0.05, 0.1) is 0 Å². The molecule has 0 radical (unpaired) electrons. The first-order valence-corrected chi connectivity index (χ1v) is 11.3. The van der Waals surface area contributed by atoms with Gasteiger partial charge in [-0.15, -0.1) is 0 Å². The summed E-state index contributed by atoms with van der Waals surface area (Å²) in [5.74, 6) is 0. The van der Waals surface area contributed by atoms with Crippen LogP contribution in [0.15, 0.2) is 18.5 Å². The Hall–Kier alpha value is -0.850. The minimum atomic E-state index is 1.19. The SMILES string of the molecule is CCCCCCCc1cc[n+](CCCCC)cc1CCCCCCC. The number of hydrogen-bond acceptors (Lipinski definition) is 0. The van der Waals surface area contributed by atoms with E-state index in [1.54, 1.807) is 11.1 Å². The number of aryl methyl sites for hydroxylation is 3. The molecule has 144 valence electrons. The van der Waals surface area contributed by atoms with Crippen molar-refractivity contribution in [3.05, 3.63) is 29.6 Å². The van der Waals surface area contributed by atoms with E-state index in [-0.39, 0.29) is 0 Å². The molecule has 25 heavy (non-hydrogen) atoms. The molecule has 0 saturated heterocycles. The van der Waals surface area contributed by atoms with Crippen molar-refractivity contribution in [2.24, 2.45) is 0 Å². The van der Waals surface area contributed by atoms with Crippen LogP contribution in [-0.2, 0) is 19.4 Å². The summed E-state index contributed by atoms with van der Waals surface area (Å²) in [6.45, 7) is 8.07. The van der Waals surface area contributed by atoms with Gasteiger partial charge in [-0.3, -0.25) is 0 Å². The Morgan fingerprint density at radius 2 is 1.12 bits per heavy atom. The quantitative estimate of drug-likeness (QED) is 0.220. The van der Waals surface area contributed by atoms with E-state index >= 15 is 0 Å². The first-order valence-electron chi connectivity index (χ1n) is 11.3. The first-order chi connectivity index (χ1) is 12.3. The van der Waals surface area contributed by atoms with Crippen LogP contribution in [0.1, 0.15) is 115 Å². The maximum atomic E-state index is 2.47. The summed E-state index contributed by atoms with van der Waals surface area (Å²) in [6.07, 6.45) is 25.1. The van der Waals surface area contributed by atoms with E-state index in [1.807, 2.05) is 0 Å². The molecular formula is C24H44N+. The third-order valence-electron chi connectivity index (χ3n) is 5.32. The van der Waals surface area contributed by atoms with Crippen molar-refractivity contribution in [3.8, 4) is 0 Å². The maximum Gasteiger partial charge on any atom is 0.172 e. The molecule has 1 aromatic rings. The maximum absolute atomic E-state index is 2.47. The lowest BCUT2D eigenvalue weighted by atomic mass is 9.98. The second-order valence-corrected chi connectivity index (χ2v) is 7.77. The Morgan fingerprint density at radius 3 is 1.72 bits per heavy atom. The number of rotatable bonds is 16. The van der Waals surface area contributed by atoms with Crippen molar-refractivity contribution in [1.29, 1.82) is 0 Å². The molecule has 0 fully saturated rings. The fraction of sp³-hybridized carbons (Fsp3) is 0.792. The highest BCUT2D eigenvalue weighted by molar-refractivity contribution is 5.21. The second-order valence-electron chi connectivity index (χ2n) is 7.77. The van der Waals surface area contributed by atoms with Crippen LogP contribution >= 0.6 is 0 Å². The van der Waals surface area contributed by atoms with E-state index in [0.29, 0.717) is 0 Å². The van der Waals surface area contributed by atoms with Crippen molar-refractivity contribution >= 4 is 0 Å². The Bertz CT molecular complexity index is 424. The second kappa shape index (κ2) is 15.4. The summed E-state index contributed by atoms with van der Waals surface area (Å²) in [7, 11) is 0. The van der Waals surface area contributed by atoms with Crippen LogP contribution < -0.4 is 4.57 Å². The number of aromatic nitrogens is 1. The molecule has 1 rings (SSSR count). The molecule has 0 unspecified atom stereocenters. The van der Waals surface area contributed by atoms with Gasteiger partial charge in [-0.1, -0.05) is 78.6 Å². The summed E-state index contributed by atoms with van der Waals surface area (Å²) in [6, 6.07) is 2.42. The molecule has 0 atom stereocenters. The highest BCUT2D eigenvalue weighted by Gasteiger charge is 2.09. The molecule has 1 nitrogen and oxygen atoms in total. The van der Waals surface area contributed by atoms with Crippen LogP contribution in [0.4, 0.5) is 0 Å². The normalized spacial score (nSPS) is 11.2. The lowest BCUT2D eigenvalue weighted by molar-refractivity contribution is -0.697.